The molecule has 0 bridgehead atoms. The summed E-state index contributed by atoms with van der Waals surface area (Å²) >= 11 is 7.33. The SMILES string of the molecule is Cc1ccc(Cl)c(OCc2nnc(SCC(=O)Nc3ccccc3F)n2C)c1. The van der Waals surface area contributed by atoms with Gasteiger partial charge in [-0.25, -0.2) is 4.39 Å². The van der Waals surface area contributed by atoms with E-state index in [-0.39, 0.29) is 24.0 Å². The van der Waals surface area contributed by atoms with E-state index in [1.54, 1.807) is 29.8 Å². The zero-order valence-corrected chi connectivity index (χ0v) is 16.9. The lowest BCUT2D eigenvalue weighted by Crippen LogP contribution is -2.15. The van der Waals surface area contributed by atoms with E-state index in [0.29, 0.717) is 21.8 Å². The molecule has 28 heavy (non-hydrogen) atoms. The van der Waals surface area contributed by atoms with Crippen molar-refractivity contribution >= 4 is 35.0 Å². The van der Waals surface area contributed by atoms with E-state index in [2.05, 4.69) is 15.5 Å². The number of hydrogen-bond acceptors (Lipinski definition) is 5. The molecule has 0 aliphatic rings. The molecule has 0 unspecified atom stereocenters. The number of amides is 1. The summed E-state index contributed by atoms with van der Waals surface area (Å²) in [6.45, 7) is 2.14. The van der Waals surface area contributed by atoms with Gasteiger partial charge in [0.1, 0.15) is 18.2 Å². The number of halogens is 2. The molecule has 1 heterocycles. The number of hydrogen-bond donors (Lipinski definition) is 1. The molecule has 3 aromatic rings. The van der Waals surface area contributed by atoms with Crippen LogP contribution in [0.1, 0.15) is 11.4 Å². The van der Waals surface area contributed by atoms with E-state index in [0.717, 1.165) is 5.56 Å². The van der Waals surface area contributed by atoms with Gasteiger partial charge in [-0.05, 0) is 36.8 Å². The Balaban J connectivity index is 1.56. The largest absolute Gasteiger partial charge is 0.484 e. The second-order valence-corrected chi connectivity index (χ2v) is 7.35. The summed E-state index contributed by atoms with van der Waals surface area (Å²) in [4.78, 5) is 12.0. The number of ether oxygens (including phenoxy) is 1. The fourth-order valence-electron chi connectivity index (χ4n) is 2.34. The smallest absolute Gasteiger partial charge is 0.234 e. The lowest BCUT2D eigenvalue weighted by atomic mass is 10.2. The average molecular weight is 421 g/mol. The molecular formula is C19H18ClFN4O2S. The second kappa shape index (κ2) is 9.07. The van der Waals surface area contributed by atoms with Crippen molar-refractivity contribution in [3.63, 3.8) is 0 Å². The molecule has 0 radical (unpaired) electrons. The van der Waals surface area contributed by atoms with Gasteiger partial charge >= 0.3 is 0 Å². The van der Waals surface area contributed by atoms with Gasteiger partial charge in [-0.3, -0.25) is 4.79 Å². The zero-order chi connectivity index (χ0) is 20.1. The van der Waals surface area contributed by atoms with Crippen LogP contribution >= 0.6 is 23.4 Å². The highest BCUT2D eigenvalue weighted by atomic mass is 35.5. The molecule has 6 nitrogen and oxygen atoms in total. The molecule has 1 amide bonds. The van der Waals surface area contributed by atoms with Crippen molar-refractivity contribution in [3.8, 4) is 5.75 Å². The van der Waals surface area contributed by atoms with Gasteiger partial charge in [0.2, 0.25) is 5.91 Å². The fourth-order valence-corrected chi connectivity index (χ4v) is 3.24. The summed E-state index contributed by atoms with van der Waals surface area (Å²) in [5.41, 5.74) is 1.18. The van der Waals surface area contributed by atoms with Crippen LogP contribution in [0, 0.1) is 12.7 Å². The standard InChI is InChI=1S/C19H18ClFN4O2S/c1-12-7-8-13(20)16(9-12)27-10-17-23-24-19(25(17)2)28-11-18(26)22-15-6-4-3-5-14(15)21/h3-9H,10-11H2,1-2H3,(H,22,26). The first kappa shape index (κ1) is 20.2. The predicted molar refractivity (Wildman–Crippen MR) is 107 cm³/mol. The summed E-state index contributed by atoms with van der Waals surface area (Å²) in [6, 6.07) is 11.5. The minimum Gasteiger partial charge on any atom is -0.484 e. The molecule has 0 aliphatic carbocycles. The van der Waals surface area contributed by atoms with Crippen LogP contribution in [0.2, 0.25) is 5.02 Å². The van der Waals surface area contributed by atoms with E-state index in [9.17, 15) is 9.18 Å². The molecular weight excluding hydrogens is 403 g/mol. The van der Waals surface area contributed by atoms with Gasteiger partial charge < -0.3 is 14.6 Å². The van der Waals surface area contributed by atoms with Crippen LogP contribution < -0.4 is 10.1 Å². The predicted octanol–water partition coefficient (Wildman–Crippen LogP) is 4.23. The number of rotatable bonds is 7. The van der Waals surface area contributed by atoms with Crippen molar-refractivity contribution in [2.24, 2.45) is 7.05 Å². The van der Waals surface area contributed by atoms with Crippen molar-refractivity contribution in [3.05, 3.63) is 64.7 Å². The molecule has 2 aromatic carbocycles. The molecule has 9 heteroatoms. The minimum atomic E-state index is -0.478. The number of thioether (sulfide) groups is 1. The maximum atomic E-state index is 13.6. The summed E-state index contributed by atoms with van der Waals surface area (Å²) in [7, 11) is 1.79. The van der Waals surface area contributed by atoms with E-state index in [1.165, 1.54) is 23.9 Å². The third-order valence-electron chi connectivity index (χ3n) is 3.85. The molecule has 146 valence electrons. The van der Waals surface area contributed by atoms with E-state index in [1.807, 2.05) is 19.1 Å². The molecule has 1 N–H and O–H groups in total. The first-order valence-electron chi connectivity index (χ1n) is 8.38. The van der Waals surface area contributed by atoms with Gasteiger partial charge in [0.25, 0.3) is 0 Å². The van der Waals surface area contributed by atoms with Gasteiger partial charge in [-0.15, -0.1) is 10.2 Å². The molecule has 0 atom stereocenters. The van der Waals surface area contributed by atoms with Crippen molar-refractivity contribution in [1.82, 2.24) is 14.8 Å². The van der Waals surface area contributed by atoms with Crippen molar-refractivity contribution in [2.75, 3.05) is 11.1 Å². The molecule has 3 rings (SSSR count). The van der Waals surface area contributed by atoms with Crippen LogP contribution in [-0.4, -0.2) is 26.4 Å². The molecule has 0 saturated carbocycles. The Morgan fingerprint density at radius 3 is 2.86 bits per heavy atom. The molecule has 0 fully saturated rings. The lowest BCUT2D eigenvalue weighted by molar-refractivity contribution is -0.113. The van der Waals surface area contributed by atoms with Crippen LogP contribution in [0.3, 0.4) is 0 Å². The third-order valence-corrected chi connectivity index (χ3v) is 5.18. The van der Waals surface area contributed by atoms with Gasteiger partial charge in [0.05, 0.1) is 16.5 Å². The Hall–Kier alpha value is -2.58. The Labute approximate surface area is 171 Å². The number of carbonyl (C=O) groups excluding carboxylic acids is 1. The number of aromatic nitrogens is 3. The number of benzene rings is 2. The molecule has 1 aromatic heterocycles. The van der Waals surface area contributed by atoms with E-state index >= 15 is 0 Å². The molecule has 0 spiro atoms. The monoisotopic (exact) mass is 420 g/mol. The van der Waals surface area contributed by atoms with Gasteiger partial charge in [-0.2, -0.15) is 0 Å². The maximum Gasteiger partial charge on any atom is 0.234 e. The summed E-state index contributed by atoms with van der Waals surface area (Å²) < 4.78 is 21.1. The Kier molecular flexibility index (Phi) is 6.53. The number of nitrogens with one attached hydrogen (secondary N) is 1. The van der Waals surface area contributed by atoms with Crippen molar-refractivity contribution in [2.45, 2.75) is 18.7 Å². The highest BCUT2D eigenvalue weighted by Crippen LogP contribution is 2.26. The number of para-hydroxylation sites is 1. The number of aryl methyl sites for hydroxylation is 1. The normalized spacial score (nSPS) is 10.7. The minimum absolute atomic E-state index is 0.0743. The Morgan fingerprint density at radius 1 is 1.29 bits per heavy atom. The summed E-state index contributed by atoms with van der Waals surface area (Å²) in [6.07, 6.45) is 0. The Morgan fingerprint density at radius 2 is 2.07 bits per heavy atom. The lowest BCUT2D eigenvalue weighted by Gasteiger charge is -2.09. The van der Waals surface area contributed by atoms with Crippen LogP contribution in [0.5, 0.6) is 5.75 Å². The van der Waals surface area contributed by atoms with Gasteiger partial charge in [0, 0.05) is 7.05 Å². The quantitative estimate of drug-likeness (QED) is 0.579. The van der Waals surface area contributed by atoms with Crippen molar-refractivity contribution in [1.29, 1.82) is 0 Å². The highest BCUT2D eigenvalue weighted by Gasteiger charge is 2.13. The van der Waals surface area contributed by atoms with Gasteiger partial charge in [-0.1, -0.05) is 41.6 Å². The average Bonchev–Trinajstić information content (AvgIpc) is 3.02. The summed E-state index contributed by atoms with van der Waals surface area (Å²) in [5, 5.41) is 11.8. The highest BCUT2D eigenvalue weighted by molar-refractivity contribution is 7.99. The van der Waals surface area contributed by atoms with E-state index < -0.39 is 5.82 Å². The Bertz CT molecular complexity index is 996. The van der Waals surface area contributed by atoms with Crippen LogP contribution in [-0.2, 0) is 18.4 Å². The topological polar surface area (TPSA) is 69.0 Å². The fraction of sp³-hybridized carbons (Fsp3) is 0.211. The first-order valence-corrected chi connectivity index (χ1v) is 9.75. The second-order valence-electron chi connectivity index (χ2n) is 6.00. The molecule has 0 saturated heterocycles. The van der Waals surface area contributed by atoms with Gasteiger partial charge in [0.15, 0.2) is 11.0 Å². The number of anilines is 1. The van der Waals surface area contributed by atoms with Crippen LogP contribution in [0.15, 0.2) is 47.6 Å². The van der Waals surface area contributed by atoms with Crippen LogP contribution in [0.4, 0.5) is 10.1 Å². The maximum absolute atomic E-state index is 13.6. The van der Waals surface area contributed by atoms with Crippen molar-refractivity contribution < 1.29 is 13.9 Å². The summed E-state index contributed by atoms with van der Waals surface area (Å²) in [5.74, 6) is 0.430. The third kappa shape index (κ3) is 5.02. The van der Waals surface area contributed by atoms with Crippen LogP contribution in [0.25, 0.3) is 0 Å². The number of carbonyl (C=O) groups is 1. The number of nitrogens with zero attached hydrogens (tertiary/aromatic N) is 3. The van der Waals surface area contributed by atoms with E-state index in [4.69, 9.17) is 16.3 Å². The zero-order valence-electron chi connectivity index (χ0n) is 15.3. The first-order chi connectivity index (χ1) is 13.4. The molecule has 0 aliphatic heterocycles.